The maximum atomic E-state index is 14.1. The lowest BCUT2D eigenvalue weighted by molar-refractivity contribution is -0.140. The van der Waals surface area contributed by atoms with Crippen LogP contribution in [0.4, 0.5) is 5.69 Å². The summed E-state index contributed by atoms with van der Waals surface area (Å²) in [6, 6.07) is 19.2. The molecule has 1 aliphatic rings. The van der Waals surface area contributed by atoms with E-state index >= 15 is 0 Å². The van der Waals surface area contributed by atoms with E-state index in [4.69, 9.17) is 9.47 Å². The molecule has 1 aliphatic heterocycles. The number of anilines is 1. The van der Waals surface area contributed by atoms with Gasteiger partial charge in [-0.15, -0.1) is 0 Å². The van der Waals surface area contributed by atoms with Crippen molar-refractivity contribution in [2.45, 2.75) is 50.7 Å². The third-order valence-corrected chi connectivity index (χ3v) is 8.67. The van der Waals surface area contributed by atoms with Crippen LogP contribution in [-0.4, -0.2) is 56.5 Å². The highest BCUT2D eigenvalue weighted by molar-refractivity contribution is 9.10. The molecule has 0 fully saturated rings. The van der Waals surface area contributed by atoms with Gasteiger partial charge in [-0.1, -0.05) is 46.3 Å². The third kappa shape index (κ3) is 7.59. The fourth-order valence-electron chi connectivity index (χ4n) is 4.28. The molecule has 1 atom stereocenters. The van der Waals surface area contributed by atoms with E-state index in [0.29, 0.717) is 24.7 Å². The summed E-state index contributed by atoms with van der Waals surface area (Å²) < 4.78 is 41.1. The summed E-state index contributed by atoms with van der Waals surface area (Å²) in [5.74, 6) is -0.00884. The van der Waals surface area contributed by atoms with Gasteiger partial charge in [-0.2, -0.15) is 0 Å². The lowest BCUT2D eigenvalue weighted by atomic mass is 10.1. The van der Waals surface area contributed by atoms with Gasteiger partial charge in [0.15, 0.2) is 11.5 Å². The third-order valence-electron chi connectivity index (χ3n) is 6.36. The zero-order valence-corrected chi connectivity index (χ0v) is 25.9. The lowest BCUT2D eigenvalue weighted by Crippen LogP contribution is -2.54. The zero-order valence-electron chi connectivity index (χ0n) is 23.5. The monoisotopic (exact) mass is 643 g/mol. The molecule has 2 amide bonds. The molecular weight excluding hydrogens is 610 g/mol. The second kappa shape index (κ2) is 12.5. The van der Waals surface area contributed by atoms with Crippen molar-refractivity contribution in [3.05, 3.63) is 82.8 Å². The summed E-state index contributed by atoms with van der Waals surface area (Å²) in [6.45, 7) is 7.47. The van der Waals surface area contributed by atoms with E-state index in [1.54, 1.807) is 43.3 Å². The number of amides is 2. The van der Waals surface area contributed by atoms with E-state index in [9.17, 15) is 18.0 Å². The molecule has 1 unspecified atom stereocenters. The molecule has 0 radical (unpaired) electrons. The Bertz CT molecular complexity index is 1490. The van der Waals surface area contributed by atoms with Crippen molar-refractivity contribution in [3.8, 4) is 11.5 Å². The van der Waals surface area contributed by atoms with Gasteiger partial charge in [0.1, 0.15) is 25.8 Å². The Balaban J connectivity index is 1.73. The first-order valence-corrected chi connectivity index (χ1v) is 15.4. The van der Waals surface area contributed by atoms with Gasteiger partial charge in [0, 0.05) is 22.6 Å². The number of rotatable bonds is 9. The number of fused-ring (bicyclic) bond motifs is 1. The highest BCUT2D eigenvalue weighted by Crippen LogP contribution is 2.36. The molecular formula is C30H34BrN3O6S. The molecule has 41 heavy (non-hydrogen) atoms. The topological polar surface area (TPSA) is 105 Å². The van der Waals surface area contributed by atoms with Crippen LogP contribution in [0.15, 0.2) is 82.2 Å². The molecule has 0 aromatic heterocycles. The summed E-state index contributed by atoms with van der Waals surface area (Å²) in [6.07, 6.45) is 0. The minimum atomic E-state index is -4.18. The SMILES string of the molecule is CC(C(=O)NC(C)(C)C)N(Cc1ccc(Br)cc1)C(=O)CN(c1ccc2c(c1)OCCO2)S(=O)(=O)c1ccccc1. The molecule has 1 heterocycles. The van der Waals surface area contributed by atoms with Crippen LogP contribution in [0.1, 0.15) is 33.3 Å². The van der Waals surface area contributed by atoms with Crippen molar-refractivity contribution in [2.24, 2.45) is 0 Å². The second-order valence-electron chi connectivity index (χ2n) is 10.7. The van der Waals surface area contributed by atoms with Crippen molar-refractivity contribution >= 4 is 43.5 Å². The zero-order chi connectivity index (χ0) is 29.8. The number of halogens is 1. The molecule has 218 valence electrons. The van der Waals surface area contributed by atoms with Crippen molar-refractivity contribution in [3.63, 3.8) is 0 Å². The molecule has 1 N–H and O–H groups in total. The van der Waals surface area contributed by atoms with Gasteiger partial charge in [0.2, 0.25) is 11.8 Å². The molecule has 0 aliphatic carbocycles. The van der Waals surface area contributed by atoms with E-state index in [2.05, 4.69) is 21.2 Å². The predicted octanol–water partition coefficient (Wildman–Crippen LogP) is 4.75. The largest absolute Gasteiger partial charge is 0.486 e. The van der Waals surface area contributed by atoms with E-state index in [-0.39, 0.29) is 23.0 Å². The van der Waals surface area contributed by atoms with Crippen LogP contribution in [0, 0.1) is 0 Å². The highest BCUT2D eigenvalue weighted by Gasteiger charge is 2.34. The van der Waals surface area contributed by atoms with Crippen molar-refractivity contribution in [2.75, 3.05) is 24.1 Å². The van der Waals surface area contributed by atoms with Crippen molar-refractivity contribution < 1.29 is 27.5 Å². The molecule has 0 spiro atoms. The van der Waals surface area contributed by atoms with E-state index in [0.717, 1.165) is 14.3 Å². The molecule has 0 saturated carbocycles. The maximum Gasteiger partial charge on any atom is 0.264 e. The molecule has 3 aromatic rings. The summed E-state index contributed by atoms with van der Waals surface area (Å²) in [7, 11) is -4.18. The number of nitrogens with zero attached hydrogens (tertiary/aromatic N) is 2. The standard InChI is InChI=1S/C30H34BrN3O6S/c1-21(29(36)32-30(2,3)4)33(19-22-10-12-23(31)13-11-22)28(35)20-34(41(37,38)25-8-6-5-7-9-25)24-14-15-26-27(18-24)40-17-16-39-26/h5-15,18,21H,16-17,19-20H2,1-4H3,(H,32,36). The van der Waals surface area contributed by atoms with Gasteiger partial charge in [-0.25, -0.2) is 8.42 Å². The minimum absolute atomic E-state index is 0.0284. The number of benzene rings is 3. The number of ether oxygens (including phenoxy) is 2. The first-order chi connectivity index (χ1) is 19.3. The fourth-order valence-corrected chi connectivity index (χ4v) is 5.97. The van der Waals surface area contributed by atoms with Crippen LogP contribution in [0.5, 0.6) is 11.5 Å². The average Bonchev–Trinajstić information content (AvgIpc) is 2.94. The van der Waals surface area contributed by atoms with Crippen LogP contribution in [0.25, 0.3) is 0 Å². The Kier molecular flexibility index (Phi) is 9.28. The van der Waals surface area contributed by atoms with Crippen LogP contribution in [-0.2, 0) is 26.2 Å². The van der Waals surface area contributed by atoms with Crippen LogP contribution < -0.4 is 19.1 Å². The summed E-state index contributed by atoms with van der Waals surface area (Å²) >= 11 is 3.42. The van der Waals surface area contributed by atoms with Gasteiger partial charge in [-0.05, 0) is 69.7 Å². The fraction of sp³-hybridized carbons (Fsp3) is 0.333. The smallest absolute Gasteiger partial charge is 0.264 e. The first kappa shape index (κ1) is 30.4. The maximum absolute atomic E-state index is 14.1. The van der Waals surface area contributed by atoms with E-state index in [1.807, 2.05) is 45.0 Å². The molecule has 11 heteroatoms. The first-order valence-electron chi connectivity index (χ1n) is 13.2. The highest BCUT2D eigenvalue weighted by atomic mass is 79.9. The summed E-state index contributed by atoms with van der Waals surface area (Å²) in [5, 5.41) is 2.92. The minimum Gasteiger partial charge on any atom is -0.486 e. The van der Waals surface area contributed by atoms with Gasteiger partial charge in [-0.3, -0.25) is 13.9 Å². The Morgan fingerprint density at radius 1 is 0.951 bits per heavy atom. The molecule has 4 rings (SSSR count). The Morgan fingerprint density at radius 2 is 1.59 bits per heavy atom. The summed E-state index contributed by atoms with van der Waals surface area (Å²) in [4.78, 5) is 28.7. The number of sulfonamides is 1. The average molecular weight is 645 g/mol. The number of carbonyl (C=O) groups is 2. The molecule has 0 bridgehead atoms. The van der Waals surface area contributed by atoms with E-state index in [1.165, 1.54) is 17.0 Å². The van der Waals surface area contributed by atoms with Crippen LogP contribution in [0.3, 0.4) is 0 Å². The normalized spacial score (nSPS) is 13.7. The van der Waals surface area contributed by atoms with Crippen molar-refractivity contribution in [1.82, 2.24) is 10.2 Å². The van der Waals surface area contributed by atoms with Gasteiger partial charge in [0.25, 0.3) is 10.0 Å². The number of hydrogen-bond acceptors (Lipinski definition) is 6. The van der Waals surface area contributed by atoms with Crippen LogP contribution >= 0.6 is 15.9 Å². The predicted molar refractivity (Wildman–Crippen MR) is 160 cm³/mol. The Hall–Kier alpha value is -3.57. The Labute approximate surface area is 249 Å². The number of carbonyl (C=O) groups excluding carboxylic acids is 2. The van der Waals surface area contributed by atoms with Gasteiger partial charge < -0.3 is 19.7 Å². The molecule has 0 saturated heterocycles. The van der Waals surface area contributed by atoms with Gasteiger partial charge >= 0.3 is 0 Å². The molecule has 3 aromatic carbocycles. The number of hydrogen-bond donors (Lipinski definition) is 1. The van der Waals surface area contributed by atoms with Crippen LogP contribution in [0.2, 0.25) is 0 Å². The van der Waals surface area contributed by atoms with E-state index < -0.39 is 34.1 Å². The second-order valence-corrected chi connectivity index (χ2v) is 13.5. The lowest BCUT2D eigenvalue weighted by Gasteiger charge is -2.33. The van der Waals surface area contributed by atoms with Gasteiger partial charge in [0.05, 0.1) is 10.6 Å². The quantitative estimate of drug-likeness (QED) is 0.361. The van der Waals surface area contributed by atoms with Crippen molar-refractivity contribution in [1.29, 1.82) is 0 Å². The Morgan fingerprint density at radius 3 is 2.22 bits per heavy atom. The number of nitrogens with one attached hydrogen (secondary N) is 1. The molecule has 9 nitrogen and oxygen atoms in total. The summed E-state index contributed by atoms with van der Waals surface area (Å²) in [5.41, 5.74) is 0.501.